The zero-order valence-corrected chi connectivity index (χ0v) is 8.79. The largest absolute Gasteiger partial charge is 0.468 e. The Labute approximate surface area is 88.6 Å². The number of carbonyl (C=O) groups is 1. The quantitative estimate of drug-likeness (QED) is 0.632. The van der Waals surface area contributed by atoms with Crippen molar-refractivity contribution in [3.05, 3.63) is 23.7 Å². The SMILES string of the molecule is Cc1ccoc1CNCCOCC(N)=O. The number of rotatable bonds is 7. The lowest BCUT2D eigenvalue weighted by molar-refractivity contribution is -0.122. The molecule has 1 aromatic heterocycles. The predicted octanol–water partition coefficient (Wildman–Crippen LogP) is 0.180. The van der Waals surface area contributed by atoms with E-state index in [0.717, 1.165) is 11.3 Å². The third-order valence-electron chi connectivity index (χ3n) is 1.92. The standard InChI is InChI=1S/C10H16N2O3/c1-8-2-4-15-9(8)6-12-3-5-14-7-10(11)13/h2,4,12H,3,5-7H2,1H3,(H2,11,13). The molecule has 0 saturated carbocycles. The van der Waals surface area contributed by atoms with Crippen molar-refractivity contribution in [3.8, 4) is 0 Å². The van der Waals surface area contributed by atoms with Gasteiger partial charge in [-0.2, -0.15) is 0 Å². The number of ether oxygens (including phenoxy) is 1. The molecule has 0 unspecified atom stereocenters. The lowest BCUT2D eigenvalue weighted by atomic mass is 10.3. The van der Waals surface area contributed by atoms with Crippen LogP contribution in [0.3, 0.4) is 0 Å². The Morgan fingerprint density at radius 3 is 3.07 bits per heavy atom. The van der Waals surface area contributed by atoms with E-state index in [9.17, 15) is 4.79 Å². The first-order valence-electron chi connectivity index (χ1n) is 4.80. The van der Waals surface area contributed by atoms with Gasteiger partial charge in [-0.25, -0.2) is 0 Å². The van der Waals surface area contributed by atoms with Crippen molar-refractivity contribution < 1.29 is 13.9 Å². The first-order chi connectivity index (χ1) is 7.20. The summed E-state index contributed by atoms with van der Waals surface area (Å²) in [6.07, 6.45) is 1.66. The van der Waals surface area contributed by atoms with Crippen molar-refractivity contribution in [3.63, 3.8) is 0 Å². The normalized spacial score (nSPS) is 10.5. The van der Waals surface area contributed by atoms with E-state index in [1.807, 2.05) is 13.0 Å². The van der Waals surface area contributed by atoms with Crippen molar-refractivity contribution in [2.45, 2.75) is 13.5 Å². The number of amides is 1. The van der Waals surface area contributed by atoms with E-state index in [4.69, 9.17) is 14.9 Å². The van der Waals surface area contributed by atoms with Gasteiger partial charge in [-0.1, -0.05) is 0 Å². The zero-order valence-electron chi connectivity index (χ0n) is 8.79. The zero-order chi connectivity index (χ0) is 11.1. The van der Waals surface area contributed by atoms with Gasteiger partial charge in [0.15, 0.2) is 0 Å². The molecule has 0 fully saturated rings. The highest BCUT2D eigenvalue weighted by Gasteiger charge is 2.00. The molecular formula is C10H16N2O3. The van der Waals surface area contributed by atoms with Gasteiger partial charge in [0.1, 0.15) is 12.4 Å². The number of nitrogens with two attached hydrogens (primary N) is 1. The Hall–Kier alpha value is -1.33. The summed E-state index contributed by atoms with van der Waals surface area (Å²) >= 11 is 0. The maximum atomic E-state index is 10.3. The van der Waals surface area contributed by atoms with Gasteiger partial charge in [-0.05, 0) is 18.6 Å². The smallest absolute Gasteiger partial charge is 0.243 e. The monoisotopic (exact) mass is 212 g/mol. The first-order valence-corrected chi connectivity index (χ1v) is 4.80. The molecule has 5 heteroatoms. The summed E-state index contributed by atoms with van der Waals surface area (Å²) in [6, 6.07) is 1.92. The van der Waals surface area contributed by atoms with E-state index in [1.54, 1.807) is 6.26 Å². The molecule has 1 amide bonds. The highest BCUT2D eigenvalue weighted by Crippen LogP contribution is 2.07. The number of furan rings is 1. The van der Waals surface area contributed by atoms with Crippen LogP contribution in [0, 0.1) is 6.92 Å². The summed E-state index contributed by atoms with van der Waals surface area (Å²) < 4.78 is 10.2. The van der Waals surface area contributed by atoms with Gasteiger partial charge in [0, 0.05) is 6.54 Å². The first kappa shape index (κ1) is 11.7. The van der Waals surface area contributed by atoms with Crippen LogP contribution in [0.4, 0.5) is 0 Å². The summed E-state index contributed by atoms with van der Waals surface area (Å²) in [6.45, 7) is 3.75. The Morgan fingerprint density at radius 1 is 1.67 bits per heavy atom. The molecule has 0 bridgehead atoms. The lowest BCUT2D eigenvalue weighted by Crippen LogP contribution is -2.23. The molecule has 0 aliphatic heterocycles. The van der Waals surface area contributed by atoms with Gasteiger partial charge in [-0.15, -0.1) is 0 Å². The van der Waals surface area contributed by atoms with Crippen LogP contribution in [0.15, 0.2) is 16.7 Å². The van der Waals surface area contributed by atoms with Crippen LogP contribution >= 0.6 is 0 Å². The van der Waals surface area contributed by atoms with Crippen molar-refractivity contribution in [2.24, 2.45) is 5.73 Å². The van der Waals surface area contributed by atoms with Gasteiger partial charge in [-0.3, -0.25) is 4.79 Å². The van der Waals surface area contributed by atoms with Crippen LogP contribution in [0.25, 0.3) is 0 Å². The number of aryl methyl sites for hydroxylation is 1. The summed E-state index contributed by atoms with van der Waals surface area (Å²) in [5, 5.41) is 3.13. The minimum Gasteiger partial charge on any atom is -0.468 e. The van der Waals surface area contributed by atoms with Crippen molar-refractivity contribution in [2.75, 3.05) is 19.8 Å². The summed E-state index contributed by atoms with van der Waals surface area (Å²) in [4.78, 5) is 10.3. The summed E-state index contributed by atoms with van der Waals surface area (Å²) in [7, 11) is 0. The van der Waals surface area contributed by atoms with Crippen LogP contribution in [0.1, 0.15) is 11.3 Å². The molecule has 0 atom stereocenters. The van der Waals surface area contributed by atoms with Crippen LogP contribution in [0.2, 0.25) is 0 Å². The molecule has 0 spiro atoms. The van der Waals surface area contributed by atoms with Gasteiger partial charge in [0.05, 0.1) is 19.4 Å². The number of hydrogen-bond acceptors (Lipinski definition) is 4. The van der Waals surface area contributed by atoms with Crippen LogP contribution in [-0.4, -0.2) is 25.7 Å². The number of carbonyl (C=O) groups excluding carboxylic acids is 1. The molecule has 84 valence electrons. The van der Waals surface area contributed by atoms with Crippen LogP contribution in [-0.2, 0) is 16.1 Å². The fraction of sp³-hybridized carbons (Fsp3) is 0.500. The Balaban J connectivity index is 2.03. The second-order valence-corrected chi connectivity index (χ2v) is 3.22. The number of nitrogens with one attached hydrogen (secondary N) is 1. The van der Waals surface area contributed by atoms with Crippen LogP contribution < -0.4 is 11.1 Å². The molecule has 1 rings (SSSR count). The molecular weight excluding hydrogens is 196 g/mol. The van der Waals surface area contributed by atoms with Gasteiger partial charge >= 0.3 is 0 Å². The maximum Gasteiger partial charge on any atom is 0.243 e. The second-order valence-electron chi connectivity index (χ2n) is 3.22. The minimum absolute atomic E-state index is 0.0263. The van der Waals surface area contributed by atoms with Gasteiger partial charge < -0.3 is 20.2 Å². The van der Waals surface area contributed by atoms with E-state index in [1.165, 1.54) is 0 Å². The van der Waals surface area contributed by atoms with Crippen LogP contribution in [0.5, 0.6) is 0 Å². The van der Waals surface area contributed by atoms with E-state index in [-0.39, 0.29) is 6.61 Å². The van der Waals surface area contributed by atoms with Gasteiger partial charge in [0.2, 0.25) is 5.91 Å². The van der Waals surface area contributed by atoms with Crippen molar-refractivity contribution in [1.29, 1.82) is 0 Å². The van der Waals surface area contributed by atoms with Crippen molar-refractivity contribution in [1.82, 2.24) is 5.32 Å². The fourth-order valence-electron chi connectivity index (χ4n) is 1.10. The van der Waals surface area contributed by atoms with Crippen molar-refractivity contribution >= 4 is 5.91 Å². The maximum absolute atomic E-state index is 10.3. The molecule has 1 heterocycles. The average Bonchev–Trinajstić information content (AvgIpc) is 2.57. The molecule has 0 aliphatic rings. The molecule has 15 heavy (non-hydrogen) atoms. The van der Waals surface area contributed by atoms with E-state index >= 15 is 0 Å². The molecule has 0 saturated heterocycles. The highest BCUT2D eigenvalue weighted by atomic mass is 16.5. The van der Waals surface area contributed by atoms with Gasteiger partial charge in [0.25, 0.3) is 0 Å². The molecule has 0 radical (unpaired) electrons. The summed E-state index contributed by atoms with van der Waals surface area (Å²) in [5.74, 6) is 0.474. The molecule has 1 aromatic rings. The lowest BCUT2D eigenvalue weighted by Gasteiger charge is -2.03. The topological polar surface area (TPSA) is 77.5 Å². The predicted molar refractivity (Wildman–Crippen MR) is 55.2 cm³/mol. The van der Waals surface area contributed by atoms with E-state index < -0.39 is 5.91 Å². The molecule has 3 N–H and O–H groups in total. The minimum atomic E-state index is -0.447. The molecule has 5 nitrogen and oxygen atoms in total. The number of hydrogen-bond donors (Lipinski definition) is 2. The summed E-state index contributed by atoms with van der Waals surface area (Å²) in [5.41, 5.74) is 6.03. The second kappa shape index (κ2) is 6.21. The Morgan fingerprint density at radius 2 is 2.47 bits per heavy atom. The highest BCUT2D eigenvalue weighted by molar-refractivity contribution is 5.74. The third-order valence-corrected chi connectivity index (χ3v) is 1.92. The molecule has 0 aromatic carbocycles. The fourth-order valence-corrected chi connectivity index (χ4v) is 1.10. The Bertz CT molecular complexity index is 309. The molecule has 0 aliphatic carbocycles. The third kappa shape index (κ3) is 4.62. The van der Waals surface area contributed by atoms with E-state index in [2.05, 4.69) is 5.32 Å². The Kier molecular flexibility index (Phi) is 4.86. The average molecular weight is 212 g/mol. The van der Waals surface area contributed by atoms with E-state index in [0.29, 0.717) is 19.7 Å². The number of primary amides is 1.